The number of rotatable bonds is 8. The molecule has 1 aliphatic rings. The van der Waals surface area contributed by atoms with Crippen molar-refractivity contribution in [1.82, 2.24) is 0 Å². The fourth-order valence-corrected chi connectivity index (χ4v) is 4.48. The topological polar surface area (TPSA) is 85.3 Å². The van der Waals surface area contributed by atoms with Gasteiger partial charge in [-0.05, 0) is 80.9 Å². The molecular formula is C29H28ClNO6. The number of aliphatic hydroxyl groups excluding tert-OH is 1. The van der Waals surface area contributed by atoms with Crippen molar-refractivity contribution in [2.75, 3.05) is 18.6 Å². The summed E-state index contributed by atoms with van der Waals surface area (Å²) in [7, 11) is 1.48. The maximum absolute atomic E-state index is 13.4. The van der Waals surface area contributed by atoms with Crippen LogP contribution in [0.4, 0.5) is 5.69 Å². The first kappa shape index (κ1) is 26.1. The van der Waals surface area contributed by atoms with Gasteiger partial charge in [-0.25, -0.2) is 0 Å². The molecule has 1 amide bonds. The summed E-state index contributed by atoms with van der Waals surface area (Å²) in [6, 6.07) is 17.8. The Kier molecular flexibility index (Phi) is 7.74. The number of hydrogen-bond donors (Lipinski definition) is 1. The monoisotopic (exact) mass is 521 g/mol. The van der Waals surface area contributed by atoms with Crippen molar-refractivity contribution in [3.8, 4) is 17.2 Å². The van der Waals surface area contributed by atoms with E-state index in [-0.39, 0.29) is 22.3 Å². The summed E-state index contributed by atoms with van der Waals surface area (Å²) in [5, 5.41) is 11.6. The van der Waals surface area contributed by atoms with Crippen molar-refractivity contribution < 1.29 is 28.9 Å². The van der Waals surface area contributed by atoms with Gasteiger partial charge in [0.2, 0.25) is 0 Å². The highest BCUT2D eigenvalue weighted by atomic mass is 35.5. The SMILES string of the molecule is CCOc1ccc(N2C(=O)C(=O)/C(=C(/O)c3cc(OC)ccc3Cl)C2c2cccc(OC(C)C)c2)cc1. The molecule has 1 unspecified atom stereocenters. The smallest absolute Gasteiger partial charge is 0.300 e. The summed E-state index contributed by atoms with van der Waals surface area (Å²) >= 11 is 6.39. The fourth-order valence-electron chi connectivity index (χ4n) is 4.27. The zero-order valence-electron chi connectivity index (χ0n) is 21.0. The number of methoxy groups -OCH3 is 1. The largest absolute Gasteiger partial charge is 0.507 e. The highest BCUT2D eigenvalue weighted by molar-refractivity contribution is 6.52. The Bertz CT molecular complexity index is 1350. The van der Waals surface area contributed by atoms with Gasteiger partial charge in [-0.3, -0.25) is 14.5 Å². The van der Waals surface area contributed by atoms with Gasteiger partial charge in [-0.2, -0.15) is 0 Å². The van der Waals surface area contributed by atoms with Crippen LogP contribution in [0.15, 0.2) is 72.3 Å². The van der Waals surface area contributed by atoms with Crippen LogP contribution < -0.4 is 19.1 Å². The predicted octanol–water partition coefficient (Wildman–Crippen LogP) is 6.16. The quantitative estimate of drug-likeness (QED) is 0.217. The maximum Gasteiger partial charge on any atom is 0.300 e. The lowest BCUT2D eigenvalue weighted by Gasteiger charge is -2.26. The fraction of sp³-hybridized carbons (Fsp3) is 0.241. The highest BCUT2D eigenvalue weighted by Crippen LogP contribution is 2.44. The van der Waals surface area contributed by atoms with Gasteiger partial charge in [-0.1, -0.05) is 23.7 Å². The second kappa shape index (κ2) is 11.0. The van der Waals surface area contributed by atoms with Gasteiger partial charge in [0, 0.05) is 11.3 Å². The van der Waals surface area contributed by atoms with E-state index < -0.39 is 23.5 Å². The zero-order chi connectivity index (χ0) is 26.7. The van der Waals surface area contributed by atoms with Crippen molar-refractivity contribution in [2.45, 2.75) is 32.9 Å². The normalized spacial score (nSPS) is 16.8. The lowest BCUT2D eigenvalue weighted by Crippen LogP contribution is -2.29. The minimum Gasteiger partial charge on any atom is -0.507 e. The van der Waals surface area contributed by atoms with Crippen LogP contribution >= 0.6 is 11.6 Å². The molecule has 8 heteroatoms. The van der Waals surface area contributed by atoms with E-state index in [4.69, 9.17) is 25.8 Å². The second-order valence-electron chi connectivity index (χ2n) is 8.68. The number of aliphatic hydroxyl groups is 1. The summed E-state index contributed by atoms with van der Waals surface area (Å²) < 4.78 is 16.7. The minimum atomic E-state index is -0.934. The number of ketones is 1. The third-order valence-electron chi connectivity index (χ3n) is 5.84. The molecule has 0 bridgehead atoms. The number of ether oxygens (including phenoxy) is 3. The molecule has 0 saturated carbocycles. The number of Topliss-reactive ketones (excluding diaryl/α,β-unsaturated/α-hetero) is 1. The average Bonchev–Trinajstić information content (AvgIpc) is 3.15. The van der Waals surface area contributed by atoms with Gasteiger partial charge in [0.25, 0.3) is 11.7 Å². The summed E-state index contributed by atoms with van der Waals surface area (Å²) in [5.74, 6) is -0.346. The summed E-state index contributed by atoms with van der Waals surface area (Å²) in [5.41, 5.74) is 1.16. The molecule has 0 spiro atoms. The average molecular weight is 522 g/mol. The number of anilines is 1. The van der Waals surface area contributed by atoms with Crippen LogP contribution in [0.3, 0.4) is 0 Å². The van der Waals surface area contributed by atoms with Gasteiger partial charge in [0.15, 0.2) is 0 Å². The van der Waals surface area contributed by atoms with Crippen molar-refractivity contribution in [3.05, 3.63) is 88.5 Å². The number of halogens is 1. The van der Waals surface area contributed by atoms with E-state index in [0.717, 1.165) is 0 Å². The maximum atomic E-state index is 13.4. The Morgan fingerprint density at radius 1 is 1.00 bits per heavy atom. The first-order chi connectivity index (χ1) is 17.7. The molecule has 4 rings (SSSR count). The Hall–Kier alpha value is -3.97. The van der Waals surface area contributed by atoms with Crippen LogP contribution in [0.1, 0.15) is 37.9 Å². The van der Waals surface area contributed by atoms with Crippen LogP contribution in [0.2, 0.25) is 5.02 Å². The molecule has 1 N–H and O–H groups in total. The molecule has 0 aliphatic carbocycles. The molecule has 7 nitrogen and oxygen atoms in total. The molecule has 0 aromatic heterocycles. The van der Waals surface area contributed by atoms with E-state index in [0.29, 0.717) is 35.1 Å². The highest BCUT2D eigenvalue weighted by Gasteiger charge is 2.47. The predicted molar refractivity (Wildman–Crippen MR) is 143 cm³/mol. The number of nitrogens with zero attached hydrogens (tertiary/aromatic N) is 1. The lowest BCUT2D eigenvalue weighted by atomic mass is 9.94. The van der Waals surface area contributed by atoms with Crippen LogP contribution in [0.5, 0.6) is 17.2 Å². The molecule has 37 heavy (non-hydrogen) atoms. The van der Waals surface area contributed by atoms with Crippen molar-refractivity contribution in [1.29, 1.82) is 0 Å². The molecule has 0 radical (unpaired) electrons. The van der Waals surface area contributed by atoms with Gasteiger partial charge in [0.05, 0.1) is 36.5 Å². The Balaban J connectivity index is 1.93. The molecule has 3 aromatic rings. The molecule has 1 saturated heterocycles. The van der Waals surface area contributed by atoms with Crippen molar-refractivity contribution in [3.63, 3.8) is 0 Å². The van der Waals surface area contributed by atoms with Crippen LogP contribution in [0.25, 0.3) is 5.76 Å². The van der Waals surface area contributed by atoms with E-state index in [1.54, 1.807) is 60.7 Å². The minimum absolute atomic E-state index is 0.0803. The molecule has 1 fully saturated rings. The number of benzene rings is 3. The second-order valence-corrected chi connectivity index (χ2v) is 9.09. The van der Waals surface area contributed by atoms with Gasteiger partial charge < -0.3 is 19.3 Å². The van der Waals surface area contributed by atoms with Gasteiger partial charge in [0.1, 0.15) is 23.0 Å². The summed E-state index contributed by atoms with van der Waals surface area (Å²) in [6.07, 6.45) is -0.0803. The Morgan fingerprint density at radius 3 is 2.35 bits per heavy atom. The molecule has 3 aromatic carbocycles. The molecule has 1 heterocycles. The zero-order valence-corrected chi connectivity index (χ0v) is 21.8. The number of carbonyl (C=O) groups is 2. The van der Waals surface area contributed by atoms with Gasteiger partial charge >= 0.3 is 0 Å². The Morgan fingerprint density at radius 2 is 1.70 bits per heavy atom. The van der Waals surface area contributed by atoms with E-state index >= 15 is 0 Å². The molecule has 1 aliphatic heterocycles. The van der Waals surface area contributed by atoms with Crippen molar-refractivity contribution >= 4 is 34.7 Å². The van der Waals surface area contributed by atoms with Crippen molar-refractivity contribution in [2.24, 2.45) is 0 Å². The standard InChI is InChI=1S/C29H28ClNO6/c1-5-36-20-11-9-19(10-12-20)31-26(18-7-6-8-22(15-18)37-17(2)3)25(28(33)29(31)34)27(32)23-16-21(35-4)13-14-24(23)30/h6-17,26,32H,5H2,1-4H3/b27-25+. The number of amides is 1. The van der Waals surface area contributed by atoms with Crippen LogP contribution in [0, 0.1) is 0 Å². The number of carbonyl (C=O) groups excluding carboxylic acids is 2. The lowest BCUT2D eigenvalue weighted by molar-refractivity contribution is -0.132. The van der Waals surface area contributed by atoms with E-state index in [9.17, 15) is 14.7 Å². The first-order valence-corrected chi connectivity index (χ1v) is 12.3. The third kappa shape index (κ3) is 5.27. The Labute approximate surface area is 220 Å². The molecule has 1 atom stereocenters. The summed E-state index contributed by atoms with van der Waals surface area (Å²) in [4.78, 5) is 28.2. The van der Waals surface area contributed by atoms with E-state index in [2.05, 4.69) is 0 Å². The molecule has 192 valence electrons. The van der Waals surface area contributed by atoms with Crippen LogP contribution in [-0.2, 0) is 9.59 Å². The van der Waals surface area contributed by atoms with Gasteiger partial charge in [-0.15, -0.1) is 0 Å². The third-order valence-corrected chi connectivity index (χ3v) is 6.17. The van der Waals surface area contributed by atoms with Crippen LogP contribution in [-0.4, -0.2) is 36.6 Å². The number of hydrogen-bond acceptors (Lipinski definition) is 6. The summed E-state index contributed by atoms with van der Waals surface area (Å²) in [6.45, 7) is 6.18. The van der Waals surface area contributed by atoms with E-state index in [1.165, 1.54) is 18.1 Å². The molecular weight excluding hydrogens is 494 g/mol. The first-order valence-electron chi connectivity index (χ1n) is 11.9. The van der Waals surface area contributed by atoms with E-state index in [1.807, 2.05) is 20.8 Å².